The van der Waals surface area contributed by atoms with Crippen LogP contribution in [0.25, 0.3) is 22.2 Å². The van der Waals surface area contributed by atoms with Gasteiger partial charge in [0.15, 0.2) is 0 Å². The highest BCUT2D eigenvalue weighted by molar-refractivity contribution is 5.87. The number of fused-ring (bicyclic) bond motifs is 4. The Labute approximate surface area is 215 Å². The van der Waals surface area contributed by atoms with Crippen molar-refractivity contribution in [2.24, 2.45) is 0 Å². The van der Waals surface area contributed by atoms with Crippen LogP contribution in [0.3, 0.4) is 0 Å². The summed E-state index contributed by atoms with van der Waals surface area (Å²) in [6.45, 7) is 4.79. The van der Waals surface area contributed by atoms with Gasteiger partial charge >= 0.3 is 6.03 Å². The average molecular weight is 499 g/mol. The molecule has 0 aliphatic carbocycles. The smallest absolute Gasteiger partial charge is 0.320 e. The first-order valence-electron chi connectivity index (χ1n) is 13.2. The number of H-pyrrole nitrogens is 1. The summed E-state index contributed by atoms with van der Waals surface area (Å²) in [5, 5.41) is 13.9. The molecule has 7 rings (SSSR count). The molecule has 6 heterocycles. The Kier molecular flexibility index (Phi) is 5.61. The SMILES string of the molecule is N#Cc1c[nH]c2ncc(-c3cc4c(c(C5COCCN5)c3)CN(C(=O)N3CC5CCC(C3)O5)CC4)cc12. The summed E-state index contributed by atoms with van der Waals surface area (Å²) >= 11 is 0. The first kappa shape index (κ1) is 22.7. The van der Waals surface area contributed by atoms with E-state index in [1.54, 1.807) is 6.20 Å². The second-order valence-electron chi connectivity index (χ2n) is 10.5. The van der Waals surface area contributed by atoms with Gasteiger partial charge in [-0.2, -0.15) is 5.26 Å². The topological polar surface area (TPSA) is 107 Å². The predicted octanol–water partition coefficient (Wildman–Crippen LogP) is 3.10. The molecule has 2 N–H and O–H groups in total. The van der Waals surface area contributed by atoms with Crippen molar-refractivity contribution in [1.82, 2.24) is 25.1 Å². The van der Waals surface area contributed by atoms with Crippen LogP contribution in [0.5, 0.6) is 0 Å². The lowest BCUT2D eigenvalue weighted by molar-refractivity contribution is -0.0291. The molecule has 3 saturated heterocycles. The Morgan fingerprint density at radius 1 is 1.14 bits per heavy atom. The summed E-state index contributed by atoms with van der Waals surface area (Å²) in [6, 6.07) is 8.93. The molecular weight excluding hydrogens is 468 g/mol. The van der Waals surface area contributed by atoms with Crippen molar-refractivity contribution in [3.63, 3.8) is 0 Å². The quantitative estimate of drug-likeness (QED) is 0.562. The van der Waals surface area contributed by atoms with Crippen LogP contribution < -0.4 is 5.32 Å². The summed E-state index contributed by atoms with van der Waals surface area (Å²) in [5.41, 5.74) is 7.02. The van der Waals surface area contributed by atoms with Gasteiger partial charge in [0.1, 0.15) is 11.7 Å². The standard InChI is InChI=1S/C28H30N6O3/c29-10-20-12-32-27-23(20)9-19(11-31-27)18-7-17-3-5-33(28(35)34-13-21-1-2-22(14-34)37-21)15-25(17)24(8-18)26-16-36-6-4-30-26/h7-9,11-12,21-22,26,30H,1-6,13-16H2,(H,31,32). The first-order valence-corrected chi connectivity index (χ1v) is 13.2. The zero-order chi connectivity index (χ0) is 24.9. The molecule has 4 aliphatic rings. The second kappa shape index (κ2) is 9.14. The highest BCUT2D eigenvalue weighted by Gasteiger charge is 2.38. The van der Waals surface area contributed by atoms with Crippen LogP contribution in [0.1, 0.15) is 41.1 Å². The maximum atomic E-state index is 13.5. The third kappa shape index (κ3) is 4.06. The third-order valence-electron chi connectivity index (χ3n) is 8.24. The Balaban J connectivity index is 1.24. The fourth-order valence-corrected chi connectivity index (χ4v) is 6.33. The van der Waals surface area contributed by atoms with Gasteiger partial charge in [-0.1, -0.05) is 6.07 Å². The first-order chi connectivity index (χ1) is 18.2. The number of morpholine rings is 2. The Morgan fingerprint density at radius 3 is 2.78 bits per heavy atom. The highest BCUT2D eigenvalue weighted by Crippen LogP contribution is 2.35. The number of rotatable bonds is 2. The number of carbonyl (C=O) groups is 1. The largest absolute Gasteiger partial charge is 0.378 e. The number of pyridine rings is 1. The van der Waals surface area contributed by atoms with E-state index in [1.165, 1.54) is 16.7 Å². The monoisotopic (exact) mass is 498 g/mol. The van der Waals surface area contributed by atoms with Crippen LogP contribution in [-0.4, -0.2) is 77.4 Å². The van der Waals surface area contributed by atoms with Gasteiger partial charge < -0.3 is 29.6 Å². The lowest BCUT2D eigenvalue weighted by Crippen LogP contribution is -2.52. The van der Waals surface area contributed by atoms with Crippen molar-refractivity contribution in [2.45, 2.75) is 44.1 Å². The van der Waals surface area contributed by atoms with Gasteiger partial charge in [0.25, 0.3) is 0 Å². The Hall–Kier alpha value is -3.45. The summed E-state index contributed by atoms with van der Waals surface area (Å²) in [7, 11) is 0. The van der Waals surface area contributed by atoms with Crippen molar-refractivity contribution < 1.29 is 14.3 Å². The van der Waals surface area contributed by atoms with E-state index >= 15 is 0 Å². The van der Waals surface area contributed by atoms with Crippen molar-refractivity contribution >= 4 is 17.1 Å². The van der Waals surface area contributed by atoms with Gasteiger partial charge in [-0.15, -0.1) is 0 Å². The van der Waals surface area contributed by atoms with Gasteiger partial charge in [-0.3, -0.25) is 0 Å². The molecule has 2 aromatic heterocycles. The van der Waals surface area contributed by atoms with Crippen LogP contribution in [0.4, 0.5) is 4.79 Å². The third-order valence-corrected chi connectivity index (χ3v) is 8.24. The molecule has 0 spiro atoms. The number of hydrogen-bond acceptors (Lipinski definition) is 6. The zero-order valence-corrected chi connectivity index (χ0v) is 20.7. The summed E-state index contributed by atoms with van der Waals surface area (Å²) < 4.78 is 11.8. The number of ether oxygens (including phenoxy) is 2. The molecule has 2 amide bonds. The molecule has 37 heavy (non-hydrogen) atoms. The van der Waals surface area contributed by atoms with Crippen LogP contribution in [0, 0.1) is 11.3 Å². The Bertz CT molecular complexity index is 1390. The molecule has 4 aliphatic heterocycles. The Morgan fingerprint density at radius 2 is 2.00 bits per heavy atom. The molecule has 3 aromatic rings. The van der Waals surface area contributed by atoms with Gasteiger partial charge in [-0.25, -0.2) is 9.78 Å². The molecule has 0 saturated carbocycles. The number of nitriles is 1. The molecule has 3 atom stereocenters. The van der Waals surface area contributed by atoms with Crippen LogP contribution in [0.2, 0.25) is 0 Å². The molecule has 190 valence electrons. The van der Waals surface area contributed by atoms with E-state index < -0.39 is 0 Å². The molecule has 1 aromatic carbocycles. The van der Waals surface area contributed by atoms with E-state index in [1.807, 2.05) is 22.1 Å². The number of likely N-dealkylation sites (tertiary alicyclic amines) is 1. The maximum Gasteiger partial charge on any atom is 0.320 e. The number of aromatic amines is 1. The average Bonchev–Trinajstić information content (AvgIpc) is 3.53. The number of amides is 2. The molecule has 2 bridgehead atoms. The minimum Gasteiger partial charge on any atom is -0.378 e. The lowest BCUT2D eigenvalue weighted by Gasteiger charge is -2.39. The van der Waals surface area contributed by atoms with Crippen LogP contribution in [-0.2, 0) is 22.4 Å². The minimum absolute atomic E-state index is 0.0651. The molecular formula is C28H30N6O3. The number of nitrogens with zero attached hydrogens (tertiary/aromatic N) is 4. The van der Waals surface area contributed by atoms with Gasteiger partial charge in [0.05, 0.1) is 37.0 Å². The van der Waals surface area contributed by atoms with Crippen molar-refractivity contribution in [3.8, 4) is 17.2 Å². The molecule has 9 heteroatoms. The number of benzene rings is 1. The number of nitrogens with one attached hydrogen (secondary N) is 2. The van der Waals surface area contributed by atoms with Crippen molar-refractivity contribution in [1.29, 1.82) is 5.26 Å². The molecule has 3 fully saturated rings. The number of hydrogen-bond donors (Lipinski definition) is 2. The molecule has 9 nitrogen and oxygen atoms in total. The predicted molar refractivity (Wildman–Crippen MR) is 137 cm³/mol. The molecule has 3 unspecified atom stereocenters. The van der Waals surface area contributed by atoms with Gasteiger partial charge in [0.2, 0.25) is 0 Å². The fourth-order valence-electron chi connectivity index (χ4n) is 6.33. The van der Waals surface area contributed by atoms with E-state index in [-0.39, 0.29) is 24.3 Å². The van der Waals surface area contributed by atoms with E-state index in [0.29, 0.717) is 50.6 Å². The maximum absolute atomic E-state index is 13.5. The number of carbonyl (C=O) groups excluding carboxylic acids is 1. The highest BCUT2D eigenvalue weighted by atomic mass is 16.5. The van der Waals surface area contributed by atoms with E-state index in [9.17, 15) is 10.1 Å². The fraction of sp³-hybridized carbons (Fsp3) is 0.464. The molecule has 0 radical (unpaired) electrons. The minimum atomic E-state index is 0.0651. The summed E-state index contributed by atoms with van der Waals surface area (Å²) in [6.07, 6.45) is 6.85. The van der Waals surface area contributed by atoms with Crippen molar-refractivity contribution in [3.05, 3.63) is 52.8 Å². The zero-order valence-electron chi connectivity index (χ0n) is 20.7. The van der Waals surface area contributed by atoms with Crippen molar-refractivity contribution in [2.75, 3.05) is 39.4 Å². The van der Waals surface area contributed by atoms with E-state index in [0.717, 1.165) is 42.3 Å². The number of urea groups is 1. The van der Waals surface area contributed by atoms with Gasteiger partial charge in [-0.05, 0) is 53.6 Å². The van der Waals surface area contributed by atoms with Crippen LogP contribution in [0.15, 0.2) is 30.6 Å². The number of aromatic nitrogens is 2. The van der Waals surface area contributed by atoms with Crippen LogP contribution >= 0.6 is 0 Å². The summed E-state index contributed by atoms with van der Waals surface area (Å²) in [4.78, 5) is 25.2. The normalized spacial score (nSPS) is 25.2. The van der Waals surface area contributed by atoms with E-state index in [4.69, 9.17) is 9.47 Å². The second-order valence-corrected chi connectivity index (χ2v) is 10.5. The summed E-state index contributed by atoms with van der Waals surface area (Å²) in [5.74, 6) is 0. The lowest BCUT2D eigenvalue weighted by atomic mass is 9.87. The van der Waals surface area contributed by atoms with E-state index in [2.05, 4.69) is 33.5 Å². The van der Waals surface area contributed by atoms with Gasteiger partial charge in [0, 0.05) is 56.1 Å².